The van der Waals surface area contributed by atoms with Crippen molar-refractivity contribution in [3.05, 3.63) is 59.1 Å². The fourth-order valence-corrected chi connectivity index (χ4v) is 1.92. The van der Waals surface area contributed by atoms with Crippen LogP contribution in [0.1, 0.15) is 12.5 Å². The van der Waals surface area contributed by atoms with Gasteiger partial charge in [0.2, 0.25) is 0 Å². The molecule has 3 heteroatoms. The summed E-state index contributed by atoms with van der Waals surface area (Å²) in [4.78, 5) is 0. The zero-order chi connectivity index (χ0) is 13.7. The molecular weight excluding hydrogens is 258 g/mol. The third-order valence-corrected chi connectivity index (χ3v) is 3.25. The van der Waals surface area contributed by atoms with Gasteiger partial charge in [0.15, 0.2) is 0 Å². The molecule has 100 valence electrons. The Balaban J connectivity index is 1.86. The average Bonchev–Trinajstić information content (AvgIpc) is 2.41. The largest absolute Gasteiger partial charge is 0.489 e. The molecule has 0 fully saturated rings. The van der Waals surface area contributed by atoms with Crippen LogP contribution in [0.3, 0.4) is 0 Å². The summed E-state index contributed by atoms with van der Waals surface area (Å²) in [5.74, 6) is 0.888. The molecule has 2 rings (SSSR count). The predicted molar refractivity (Wildman–Crippen MR) is 81.2 cm³/mol. The van der Waals surface area contributed by atoms with E-state index in [-0.39, 0.29) is 6.10 Å². The number of ether oxygens (including phenoxy) is 1. The summed E-state index contributed by atoms with van der Waals surface area (Å²) in [6.07, 6.45) is 0.0856. The summed E-state index contributed by atoms with van der Waals surface area (Å²) in [5.41, 5.74) is 2.10. The SMILES string of the molecule is Cc1ccc(NCC(C)Oc2ccccc2)cc1Cl. The lowest BCUT2D eigenvalue weighted by Gasteiger charge is -2.16. The van der Waals surface area contributed by atoms with Crippen LogP contribution in [-0.2, 0) is 0 Å². The molecule has 0 amide bonds. The van der Waals surface area contributed by atoms with E-state index in [4.69, 9.17) is 16.3 Å². The smallest absolute Gasteiger partial charge is 0.119 e. The second kappa shape index (κ2) is 6.48. The molecule has 0 aromatic heterocycles. The Labute approximate surface area is 119 Å². The molecule has 0 saturated carbocycles. The van der Waals surface area contributed by atoms with Crippen molar-refractivity contribution in [2.24, 2.45) is 0 Å². The van der Waals surface area contributed by atoms with E-state index in [0.717, 1.165) is 28.6 Å². The lowest BCUT2D eigenvalue weighted by atomic mass is 10.2. The van der Waals surface area contributed by atoms with E-state index in [0.29, 0.717) is 0 Å². The van der Waals surface area contributed by atoms with Gasteiger partial charge in [0, 0.05) is 10.7 Å². The molecule has 19 heavy (non-hydrogen) atoms. The normalized spacial score (nSPS) is 11.9. The summed E-state index contributed by atoms with van der Waals surface area (Å²) >= 11 is 6.09. The van der Waals surface area contributed by atoms with Crippen LogP contribution in [-0.4, -0.2) is 12.6 Å². The Hall–Kier alpha value is -1.67. The van der Waals surface area contributed by atoms with Crippen molar-refractivity contribution in [3.63, 3.8) is 0 Å². The lowest BCUT2D eigenvalue weighted by Crippen LogP contribution is -2.22. The first-order valence-electron chi connectivity index (χ1n) is 6.37. The minimum atomic E-state index is 0.0856. The number of nitrogens with one attached hydrogen (secondary N) is 1. The van der Waals surface area contributed by atoms with Crippen LogP contribution in [0.15, 0.2) is 48.5 Å². The first-order valence-corrected chi connectivity index (χ1v) is 6.74. The zero-order valence-electron chi connectivity index (χ0n) is 11.2. The van der Waals surface area contributed by atoms with Crippen LogP contribution in [0.5, 0.6) is 5.75 Å². The molecule has 0 aliphatic carbocycles. The summed E-state index contributed by atoms with van der Waals surface area (Å²) in [6, 6.07) is 15.8. The minimum Gasteiger partial charge on any atom is -0.489 e. The van der Waals surface area contributed by atoms with Crippen molar-refractivity contribution >= 4 is 17.3 Å². The third-order valence-electron chi connectivity index (χ3n) is 2.85. The Morgan fingerprint density at radius 3 is 2.58 bits per heavy atom. The first-order chi connectivity index (χ1) is 9.15. The second-order valence-corrected chi connectivity index (χ2v) is 4.99. The van der Waals surface area contributed by atoms with E-state index >= 15 is 0 Å². The number of benzene rings is 2. The van der Waals surface area contributed by atoms with E-state index in [1.54, 1.807) is 0 Å². The van der Waals surface area contributed by atoms with Crippen LogP contribution >= 0.6 is 11.6 Å². The van der Waals surface area contributed by atoms with Crippen molar-refractivity contribution in [2.45, 2.75) is 20.0 Å². The van der Waals surface area contributed by atoms with Crippen molar-refractivity contribution in [1.82, 2.24) is 0 Å². The molecule has 2 nitrogen and oxygen atoms in total. The van der Waals surface area contributed by atoms with Gasteiger partial charge in [0.1, 0.15) is 11.9 Å². The van der Waals surface area contributed by atoms with Crippen LogP contribution < -0.4 is 10.1 Å². The maximum atomic E-state index is 6.09. The zero-order valence-corrected chi connectivity index (χ0v) is 11.9. The van der Waals surface area contributed by atoms with Gasteiger partial charge in [-0.05, 0) is 43.7 Å². The molecule has 0 bridgehead atoms. The summed E-state index contributed by atoms with van der Waals surface area (Å²) in [6.45, 7) is 4.76. The monoisotopic (exact) mass is 275 g/mol. The quantitative estimate of drug-likeness (QED) is 0.866. The van der Waals surface area contributed by atoms with Crippen molar-refractivity contribution in [3.8, 4) is 5.75 Å². The van der Waals surface area contributed by atoms with E-state index < -0.39 is 0 Å². The van der Waals surface area contributed by atoms with Crippen molar-refractivity contribution in [2.75, 3.05) is 11.9 Å². The highest BCUT2D eigenvalue weighted by atomic mass is 35.5. The standard InChI is InChI=1S/C16H18ClNO/c1-12-8-9-14(10-16(12)17)18-11-13(2)19-15-6-4-3-5-7-15/h3-10,13,18H,11H2,1-2H3. The van der Waals surface area contributed by atoms with E-state index in [2.05, 4.69) is 5.32 Å². The number of hydrogen-bond acceptors (Lipinski definition) is 2. The molecule has 1 atom stereocenters. The Bertz CT molecular complexity index is 528. The van der Waals surface area contributed by atoms with Gasteiger partial charge in [-0.25, -0.2) is 0 Å². The topological polar surface area (TPSA) is 21.3 Å². The molecule has 0 saturated heterocycles. The Kier molecular flexibility index (Phi) is 4.69. The first kappa shape index (κ1) is 13.8. The van der Waals surface area contributed by atoms with E-state index in [9.17, 15) is 0 Å². The summed E-state index contributed by atoms with van der Waals surface area (Å²) < 4.78 is 5.79. The molecule has 0 aliphatic rings. The van der Waals surface area contributed by atoms with Gasteiger partial charge in [-0.1, -0.05) is 35.9 Å². The van der Waals surface area contributed by atoms with Crippen LogP contribution in [0.25, 0.3) is 0 Å². The van der Waals surface area contributed by atoms with Gasteiger partial charge >= 0.3 is 0 Å². The molecule has 1 N–H and O–H groups in total. The van der Waals surface area contributed by atoms with Crippen molar-refractivity contribution in [1.29, 1.82) is 0 Å². The molecule has 2 aromatic carbocycles. The molecular formula is C16H18ClNO. The number of hydrogen-bond donors (Lipinski definition) is 1. The fraction of sp³-hybridized carbons (Fsp3) is 0.250. The third kappa shape index (κ3) is 4.18. The van der Waals surface area contributed by atoms with Gasteiger partial charge in [-0.2, -0.15) is 0 Å². The van der Waals surface area contributed by atoms with Crippen molar-refractivity contribution < 1.29 is 4.74 Å². The molecule has 0 spiro atoms. The van der Waals surface area contributed by atoms with E-state index in [1.807, 2.05) is 62.4 Å². The molecule has 0 radical (unpaired) electrons. The predicted octanol–water partition coefficient (Wildman–Crippen LogP) is 4.53. The van der Waals surface area contributed by atoms with Crippen LogP contribution in [0.4, 0.5) is 5.69 Å². The van der Waals surface area contributed by atoms with Gasteiger partial charge in [0.05, 0.1) is 6.54 Å². The number of rotatable bonds is 5. The van der Waals surface area contributed by atoms with Gasteiger partial charge in [-0.15, -0.1) is 0 Å². The number of anilines is 1. The number of para-hydroxylation sites is 1. The minimum absolute atomic E-state index is 0.0856. The van der Waals surface area contributed by atoms with Gasteiger partial charge in [0.25, 0.3) is 0 Å². The second-order valence-electron chi connectivity index (χ2n) is 4.59. The van der Waals surface area contributed by atoms with Gasteiger partial charge < -0.3 is 10.1 Å². The maximum absolute atomic E-state index is 6.09. The fourth-order valence-electron chi connectivity index (χ4n) is 1.74. The molecule has 0 aliphatic heterocycles. The number of aryl methyl sites for hydroxylation is 1. The number of halogens is 1. The van der Waals surface area contributed by atoms with Crippen LogP contribution in [0.2, 0.25) is 5.02 Å². The summed E-state index contributed by atoms with van der Waals surface area (Å²) in [5, 5.41) is 4.10. The highest BCUT2D eigenvalue weighted by molar-refractivity contribution is 6.31. The molecule has 0 heterocycles. The molecule has 1 unspecified atom stereocenters. The Morgan fingerprint density at radius 2 is 1.89 bits per heavy atom. The van der Waals surface area contributed by atoms with Crippen LogP contribution in [0, 0.1) is 6.92 Å². The highest BCUT2D eigenvalue weighted by Gasteiger charge is 2.04. The van der Waals surface area contributed by atoms with Gasteiger partial charge in [-0.3, -0.25) is 0 Å². The lowest BCUT2D eigenvalue weighted by molar-refractivity contribution is 0.235. The maximum Gasteiger partial charge on any atom is 0.119 e. The summed E-state index contributed by atoms with van der Waals surface area (Å²) in [7, 11) is 0. The highest BCUT2D eigenvalue weighted by Crippen LogP contribution is 2.20. The van der Waals surface area contributed by atoms with E-state index in [1.165, 1.54) is 0 Å². The molecule has 2 aromatic rings. The Morgan fingerprint density at radius 1 is 1.16 bits per heavy atom. The average molecular weight is 276 g/mol.